The number of hydrogen-bond acceptors (Lipinski definition) is 4. The van der Waals surface area contributed by atoms with Gasteiger partial charge in [0, 0.05) is 11.6 Å². The van der Waals surface area contributed by atoms with E-state index in [1.165, 1.54) is 30.3 Å². The fourth-order valence-electron chi connectivity index (χ4n) is 2.75. The molecule has 3 rings (SSSR count). The molecule has 0 aliphatic carbocycles. The van der Waals surface area contributed by atoms with Crippen LogP contribution in [0.3, 0.4) is 0 Å². The van der Waals surface area contributed by atoms with Crippen LogP contribution in [0, 0.1) is 0 Å². The minimum atomic E-state index is -4.59. The summed E-state index contributed by atoms with van der Waals surface area (Å²) >= 11 is 0. The summed E-state index contributed by atoms with van der Waals surface area (Å²) in [4.78, 5) is 3.86. The van der Waals surface area contributed by atoms with Crippen LogP contribution in [0.4, 0.5) is 13.2 Å². The number of para-hydroxylation sites is 1. The van der Waals surface area contributed by atoms with E-state index < -0.39 is 22.4 Å². The Bertz CT molecular complexity index is 1020. The molecular formula is C17H12F3NO3S. The van der Waals surface area contributed by atoms with Crippen molar-refractivity contribution in [3.8, 4) is 16.9 Å². The molecule has 0 amide bonds. The van der Waals surface area contributed by atoms with E-state index in [-0.39, 0.29) is 28.0 Å². The van der Waals surface area contributed by atoms with Gasteiger partial charge in [-0.15, -0.1) is 0 Å². The molecule has 0 spiro atoms. The van der Waals surface area contributed by atoms with Crippen molar-refractivity contribution in [2.45, 2.75) is 11.9 Å². The molecule has 2 aromatic carbocycles. The first-order valence-corrected chi connectivity index (χ1v) is 8.52. The van der Waals surface area contributed by atoms with Crippen molar-refractivity contribution in [3.05, 3.63) is 59.8 Å². The van der Waals surface area contributed by atoms with Crippen LogP contribution in [0.25, 0.3) is 22.0 Å². The molecule has 8 heteroatoms. The van der Waals surface area contributed by atoms with Gasteiger partial charge in [0.05, 0.1) is 16.8 Å². The predicted molar refractivity (Wildman–Crippen MR) is 87.9 cm³/mol. The number of thiol groups is 1. The highest BCUT2D eigenvalue weighted by Gasteiger charge is 2.33. The van der Waals surface area contributed by atoms with E-state index in [1.807, 2.05) is 0 Å². The summed E-state index contributed by atoms with van der Waals surface area (Å²) in [5.41, 5.74) is -0.166. The Balaban J connectivity index is 2.41. The summed E-state index contributed by atoms with van der Waals surface area (Å²) in [6.07, 6.45) is -3.45. The molecule has 0 unspecified atom stereocenters. The Morgan fingerprint density at radius 1 is 1.08 bits per heavy atom. The molecule has 0 fully saturated rings. The minimum Gasteiger partial charge on any atom is -0.508 e. The molecule has 25 heavy (non-hydrogen) atoms. The van der Waals surface area contributed by atoms with Gasteiger partial charge in [-0.2, -0.15) is 13.2 Å². The Labute approximate surface area is 142 Å². The Hall–Kier alpha value is -2.61. The van der Waals surface area contributed by atoms with Crippen LogP contribution in [0.5, 0.6) is 5.75 Å². The average molecular weight is 367 g/mol. The van der Waals surface area contributed by atoms with Crippen LogP contribution < -0.4 is 0 Å². The molecule has 130 valence electrons. The highest BCUT2D eigenvalue weighted by molar-refractivity contribution is 7.71. The largest absolute Gasteiger partial charge is 0.508 e. The van der Waals surface area contributed by atoms with Crippen molar-refractivity contribution in [3.63, 3.8) is 0 Å². The number of halogens is 3. The van der Waals surface area contributed by atoms with Gasteiger partial charge in [0.15, 0.2) is 0 Å². The Morgan fingerprint density at radius 3 is 2.44 bits per heavy atom. The normalized spacial score (nSPS) is 12.0. The first-order valence-electron chi connectivity index (χ1n) is 7.16. The summed E-state index contributed by atoms with van der Waals surface area (Å²) in [5.74, 6) is -0.439. The van der Waals surface area contributed by atoms with Crippen LogP contribution in [0.15, 0.2) is 48.7 Å². The zero-order chi connectivity index (χ0) is 18.2. The van der Waals surface area contributed by atoms with Crippen molar-refractivity contribution in [2.75, 3.05) is 0 Å². The predicted octanol–water partition coefficient (Wildman–Crippen LogP) is 3.74. The van der Waals surface area contributed by atoms with Crippen molar-refractivity contribution in [2.24, 2.45) is 0 Å². The summed E-state index contributed by atoms with van der Waals surface area (Å²) in [5, 5.41) is 9.86. The number of benzene rings is 2. The first-order chi connectivity index (χ1) is 11.8. The average Bonchev–Trinajstić information content (AvgIpc) is 2.52. The van der Waals surface area contributed by atoms with E-state index in [9.17, 15) is 26.7 Å². The smallest absolute Gasteiger partial charge is 0.418 e. The third-order valence-electron chi connectivity index (χ3n) is 3.72. The summed E-state index contributed by atoms with van der Waals surface area (Å²) in [6.45, 7) is 0. The zero-order valence-electron chi connectivity index (χ0n) is 12.6. The van der Waals surface area contributed by atoms with Gasteiger partial charge in [-0.05, 0) is 34.9 Å². The molecule has 0 radical (unpaired) electrons. The summed E-state index contributed by atoms with van der Waals surface area (Å²) in [6, 6.07) is 9.55. The van der Waals surface area contributed by atoms with E-state index in [1.54, 1.807) is 6.07 Å². The Morgan fingerprint density at radius 2 is 1.80 bits per heavy atom. The quantitative estimate of drug-likeness (QED) is 0.692. The lowest BCUT2D eigenvalue weighted by Gasteiger charge is -2.15. The number of aromatic nitrogens is 1. The number of aromatic hydroxyl groups is 1. The summed E-state index contributed by atoms with van der Waals surface area (Å²) < 4.78 is 62.1. The number of rotatable bonds is 3. The van der Waals surface area contributed by atoms with E-state index >= 15 is 0 Å². The van der Waals surface area contributed by atoms with Gasteiger partial charge in [-0.1, -0.05) is 24.3 Å². The number of nitrogens with zero attached hydrogens (tertiary/aromatic N) is 1. The highest BCUT2D eigenvalue weighted by Crippen LogP contribution is 2.39. The van der Waals surface area contributed by atoms with Gasteiger partial charge in [-0.25, -0.2) is 8.42 Å². The topological polar surface area (TPSA) is 67.3 Å². The third kappa shape index (κ3) is 3.43. The summed E-state index contributed by atoms with van der Waals surface area (Å²) in [7, 11) is -2.80. The molecule has 0 atom stereocenters. The van der Waals surface area contributed by atoms with Crippen molar-refractivity contribution < 1.29 is 26.7 Å². The second kappa shape index (κ2) is 6.36. The number of phenols is 1. The lowest BCUT2D eigenvalue weighted by molar-refractivity contribution is -0.136. The van der Waals surface area contributed by atoms with Gasteiger partial charge in [0.1, 0.15) is 16.5 Å². The monoisotopic (exact) mass is 367 g/mol. The van der Waals surface area contributed by atoms with Gasteiger partial charge in [0.2, 0.25) is 0 Å². The maximum Gasteiger partial charge on any atom is 0.418 e. The molecular weight excluding hydrogens is 355 g/mol. The Kier molecular flexibility index (Phi) is 4.38. The highest BCUT2D eigenvalue weighted by atomic mass is 32.2. The van der Waals surface area contributed by atoms with Crippen molar-refractivity contribution >= 4 is 21.6 Å². The molecule has 0 aliphatic heterocycles. The van der Waals surface area contributed by atoms with Crippen LogP contribution in [0.1, 0.15) is 11.1 Å². The standard InChI is InChI=1S/C17H12F3NO3S/c18-17(19,20)14-6-2-5-13-15(10-3-1-4-12(22)7-10)11(9-25(23)24)8-21-16(13)14/h1-8,22,25H,9H2. The molecule has 1 heterocycles. The van der Waals surface area contributed by atoms with Gasteiger partial charge in [-0.3, -0.25) is 4.98 Å². The molecule has 4 nitrogen and oxygen atoms in total. The molecule has 1 aromatic heterocycles. The number of hydrogen-bond donors (Lipinski definition) is 2. The number of alkyl halides is 3. The second-order valence-corrected chi connectivity index (χ2v) is 6.38. The van der Waals surface area contributed by atoms with Crippen molar-refractivity contribution in [1.82, 2.24) is 4.98 Å². The molecule has 0 aliphatic rings. The number of pyridine rings is 1. The number of fused-ring (bicyclic) bond motifs is 1. The maximum absolute atomic E-state index is 13.2. The fourth-order valence-corrected chi connectivity index (χ4v) is 3.27. The maximum atomic E-state index is 13.2. The van der Waals surface area contributed by atoms with Gasteiger partial charge < -0.3 is 5.11 Å². The molecule has 1 N–H and O–H groups in total. The third-order valence-corrected chi connectivity index (χ3v) is 4.31. The lowest BCUT2D eigenvalue weighted by atomic mass is 9.95. The first kappa shape index (κ1) is 17.2. The van der Waals surface area contributed by atoms with E-state index in [2.05, 4.69) is 4.98 Å². The lowest BCUT2D eigenvalue weighted by Crippen LogP contribution is -2.07. The number of phenolic OH excluding ortho intramolecular Hbond substituents is 1. The van der Waals surface area contributed by atoms with Crippen LogP contribution >= 0.6 is 0 Å². The SMILES string of the molecule is O=[SH](=O)Cc1cnc2c(C(F)(F)F)cccc2c1-c1cccc(O)c1. The van der Waals surface area contributed by atoms with Gasteiger partial charge in [0.25, 0.3) is 0 Å². The molecule has 3 aromatic rings. The minimum absolute atomic E-state index is 0.0769. The van der Waals surface area contributed by atoms with Crippen LogP contribution in [-0.4, -0.2) is 18.5 Å². The molecule has 0 saturated heterocycles. The molecule has 0 bridgehead atoms. The van der Waals surface area contributed by atoms with E-state index in [4.69, 9.17) is 0 Å². The fraction of sp³-hybridized carbons (Fsp3) is 0.118. The van der Waals surface area contributed by atoms with Crippen LogP contribution in [0.2, 0.25) is 0 Å². The van der Waals surface area contributed by atoms with Gasteiger partial charge >= 0.3 is 6.18 Å². The second-order valence-electron chi connectivity index (χ2n) is 5.40. The van der Waals surface area contributed by atoms with E-state index in [0.29, 0.717) is 11.1 Å². The van der Waals surface area contributed by atoms with Crippen molar-refractivity contribution in [1.29, 1.82) is 0 Å². The molecule has 0 saturated carbocycles. The van der Waals surface area contributed by atoms with E-state index in [0.717, 1.165) is 12.3 Å². The van der Waals surface area contributed by atoms with Crippen LogP contribution in [-0.2, 0) is 22.6 Å². The zero-order valence-corrected chi connectivity index (χ0v) is 13.5.